The molecule has 3 heteroatoms. The largest absolute Gasteiger partial charge is 0.326 e. The van der Waals surface area contributed by atoms with Crippen LogP contribution in [-0.2, 0) is 0 Å². The van der Waals surface area contributed by atoms with Crippen LogP contribution in [-0.4, -0.2) is 18.8 Å². The summed E-state index contributed by atoms with van der Waals surface area (Å²) in [4.78, 5) is 0. The van der Waals surface area contributed by atoms with Gasteiger partial charge in [-0.2, -0.15) is 0 Å². The Morgan fingerprint density at radius 3 is 2.56 bits per heavy atom. The van der Waals surface area contributed by atoms with Gasteiger partial charge in [-0.1, -0.05) is 6.92 Å². The Morgan fingerprint density at radius 2 is 2.11 bits per heavy atom. The molecule has 0 aliphatic carbocycles. The number of piperidine rings is 1. The van der Waals surface area contributed by atoms with E-state index < -0.39 is 0 Å². The highest BCUT2D eigenvalue weighted by Gasteiger charge is 2.21. The fourth-order valence-electron chi connectivity index (χ4n) is 1.15. The van der Waals surface area contributed by atoms with E-state index in [0.29, 0.717) is 12.0 Å². The van der Waals surface area contributed by atoms with E-state index in [4.69, 9.17) is 11.5 Å². The van der Waals surface area contributed by atoms with Crippen molar-refractivity contribution in [1.82, 2.24) is 5.32 Å². The number of nitrogens with two attached hydrogens (primary N) is 2. The van der Waals surface area contributed by atoms with Gasteiger partial charge in [0.15, 0.2) is 0 Å². The molecular formula is C6H15N3. The molecule has 0 saturated carbocycles. The molecule has 1 aliphatic rings. The van der Waals surface area contributed by atoms with E-state index in [9.17, 15) is 0 Å². The van der Waals surface area contributed by atoms with Crippen LogP contribution in [0.4, 0.5) is 0 Å². The quantitative estimate of drug-likeness (QED) is 0.402. The molecule has 1 saturated heterocycles. The zero-order chi connectivity index (χ0) is 6.85. The van der Waals surface area contributed by atoms with Crippen LogP contribution >= 0.6 is 0 Å². The van der Waals surface area contributed by atoms with E-state index in [-0.39, 0.29) is 6.17 Å². The van der Waals surface area contributed by atoms with Gasteiger partial charge in [0.1, 0.15) is 0 Å². The molecule has 3 unspecified atom stereocenters. The third kappa shape index (κ3) is 1.64. The van der Waals surface area contributed by atoms with E-state index >= 15 is 0 Å². The summed E-state index contributed by atoms with van der Waals surface area (Å²) in [6.45, 7) is 3.01. The lowest BCUT2D eigenvalue weighted by atomic mass is 9.94. The van der Waals surface area contributed by atoms with Crippen LogP contribution in [0.2, 0.25) is 0 Å². The SMILES string of the molecule is CC1CC(N)NCC1N. The van der Waals surface area contributed by atoms with Crippen molar-refractivity contribution in [3.05, 3.63) is 0 Å². The molecule has 3 atom stereocenters. The normalized spacial score (nSPS) is 45.0. The summed E-state index contributed by atoms with van der Waals surface area (Å²) in [5.74, 6) is 0.571. The van der Waals surface area contributed by atoms with E-state index in [2.05, 4.69) is 12.2 Å². The highest BCUT2D eigenvalue weighted by molar-refractivity contribution is 4.81. The fourth-order valence-corrected chi connectivity index (χ4v) is 1.15. The van der Waals surface area contributed by atoms with Gasteiger partial charge in [0.25, 0.3) is 0 Å². The van der Waals surface area contributed by atoms with Gasteiger partial charge in [0.2, 0.25) is 0 Å². The molecule has 54 valence electrons. The van der Waals surface area contributed by atoms with E-state index in [1.807, 2.05) is 0 Å². The second-order valence-corrected chi connectivity index (χ2v) is 2.89. The topological polar surface area (TPSA) is 64.1 Å². The number of nitrogens with one attached hydrogen (secondary N) is 1. The van der Waals surface area contributed by atoms with Crippen molar-refractivity contribution in [1.29, 1.82) is 0 Å². The minimum Gasteiger partial charge on any atom is -0.326 e. The molecule has 0 spiro atoms. The average Bonchev–Trinajstić information content (AvgIpc) is 1.80. The fraction of sp³-hybridized carbons (Fsp3) is 1.00. The molecule has 1 aliphatic heterocycles. The Balaban J connectivity index is 2.35. The summed E-state index contributed by atoms with van der Waals surface area (Å²) in [6.07, 6.45) is 1.17. The van der Waals surface area contributed by atoms with Crippen molar-refractivity contribution >= 4 is 0 Å². The van der Waals surface area contributed by atoms with Crippen molar-refractivity contribution in [2.24, 2.45) is 17.4 Å². The summed E-state index contributed by atoms with van der Waals surface area (Å²) < 4.78 is 0. The minimum atomic E-state index is 0.166. The van der Waals surface area contributed by atoms with Gasteiger partial charge in [0.05, 0.1) is 6.17 Å². The molecule has 1 fully saturated rings. The Kier molecular flexibility index (Phi) is 2.05. The summed E-state index contributed by atoms with van der Waals surface area (Å²) in [7, 11) is 0. The van der Waals surface area contributed by atoms with Crippen LogP contribution in [0.3, 0.4) is 0 Å². The molecule has 5 N–H and O–H groups in total. The van der Waals surface area contributed by atoms with Crippen molar-refractivity contribution in [3.8, 4) is 0 Å². The summed E-state index contributed by atoms with van der Waals surface area (Å²) in [5, 5.41) is 3.11. The third-order valence-electron chi connectivity index (χ3n) is 1.97. The van der Waals surface area contributed by atoms with Crippen LogP contribution in [0, 0.1) is 5.92 Å². The van der Waals surface area contributed by atoms with E-state index in [1.54, 1.807) is 0 Å². The molecule has 0 aromatic heterocycles. The summed E-state index contributed by atoms with van der Waals surface area (Å²) in [5.41, 5.74) is 11.3. The van der Waals surface area contributed by atoms with Crippen molar-refractivity contribution < 1.29 is 0 Å². The number of hydrogen-bond acceptors (Lipinski definition) is 3. The van der Waals surface area contributed by atoms with E-state index in [1.165, 1.54) is 0 Å². The smallest absolute Gasteiger partial charge is 0.0549 e. The van der Waals surface area contributed by atoms with Crippen molar-refractivity contribution in [3.63, 3.8) is 0 Å². The molecule has 1 heterocycles. The highest BCUT2D eigenvalue weighted by atomic mass is 15.1. The Labute approximate surface area is 55.8 Å². The predicted octanol–water partition coefficient (Wildman–Crippen LogP) is -0.772. The van der Waals surface area contributed by atoms with Crippen LogP contribution in [0.5, 0.6) is 0 Å². The first kappa shape index (κ1) is 6.99. The van der Waals surface area contributed by atoms with E-state index in [0.717, 1.165) is 13.0 Å². The standard InChI is InChI=1S/C6H15N3/c1-4-2-6(8)9-3-5(4)7/h4-6,9H,2-3,7-8H2,1H3. The molecule has 0 aromatic carbocycles. The van der Waals surface area contributed by atoms with Gasteiger partial charge < -0.3 is 16.8 Å². The lowest BCUT2D eigenvalue weighted by molar-refractivity contribution is 0.287. The predicted molar refractivity (Wildman–Crippen MR) is 37.7 cm³/mol. The Morgan fingerprint density at radius 1 is 1.44 bits per heavy atom. The lowest BCUT2D eigenvalue weighted by Gasteiger charge is -2.30. The minimum absolute atomic E-state index is 0.166. The lowest BCUT2D eigenvalue weighted by Crippen LogP contribution is -2.53. The molecule has 3 nitrogen and oxygen atoms in total. The van der Waals surface area contributed by atoms with Gasteiger partial charge in [-0.05, 0) is 12.3 Å². The van der Waals surface area contributed by atoms with Gasteiger partial charge in [0, 0.05) is 12.6 Å². The Hall–Kier alpha value is -0.120. The first-order valence-corrected chi connectivity index (χ1v) is 3.44. The van der Waals surface area contributed by atoms with Crippen molar-refractivity contribution in [2.75, 3.05) is 6.54 Å². The second-order valence-electron chi connectivity index (χ2n) is 2.89. The summed E-state index contributed by atoms with van der Waals surface area (Å²) >= 11 is 0. The monoisotopic (exact) mass is 129 g/mol. The maximum Gasteiger partial charge on any atom is 0.0549 e. The zero-order valence-corrected chi connectivity index (χ0v) is 5.80. The molecule has 0 bridgehead atoms. The molecular weight excluding hydrogens is 114 g/mol. The molecule has 1 rings (SSSR count). The number of hydrogen-bond donors (Lipinski definition) is 3. The zero-order valence-electron chi connectivity index (χ0n) is 5.80. The highest BCUT2D eigenvalue weighted by Crippen LogP contribution is 2.10. The van der Waals surface area contributed by atoms with Gasteiger partial charge >= 0.3 is 0 Å². The molecule has 9 heavy (non-hydrogen) atoms. The third-order valence-corrected chi connectivity index (χ3v) is 1.97. The maximum atomic E-state index is 5.72. The molecule has 0 radical (unpaired) electrons. The number of rotatable bonds is 0. The van der Waals surface area contributed by atoms with Crippen LogP contribution < -0.4 is 16.8 Å². The van der Waals surface area contributed by atoms with Crippen LogP contribution in [0.25, 0.3) is 0 Å². The molecule has 0 amide bonds. The second kappa shape index (κ2) is 2.64. The molecule has 0 aromatic rings. The average molecular weight is 129 g/mol. The summed E-state index contributed by atoms with van der Waals surface area (Å²) in [6, 6.07) is 0.296. The Bertz CT molecular complexity index is 94.3. The van der Waals surface area contributed by atoms with Crippen LogP contribution in [0.1, 0.15) is 13.3 Å². The van der Waals surface area contributed by atoms with Gasteiger partial charge in [-0.25, -0.2) is 0 Å². The first-order valence-electron chi connectivity index (χ1n) is 3.44. The van der Waals surface area contributed by atoms with Crippen molar-refractivity contribution in [2.45, 2.75) is 25.6 Å². The van der Waals surface area contributed by atoms with Crippen LogP contribution in [0.15, 0.2) is 0 Å². The maximum absolute atomic E-state index is 5.72. The first-order chi connectivity index (χ1) is 4.20. The van der Waals surface area contributed by atoms with Gasteiger partial charge in [-0.3, -0.25) is 0 Å². The van der Waals surface area contributed by atoms with Gasteiger partial charge in [-0.15, -0.1) is 0 Å².